The van der Waals surface area contributed by atoms with E-state index >= 15 is 0 Å². The first-order valence-corrected chi connectivity index (χ1v) is 9.56. The Balaban J connectivity index is 1.94. The van der Waals surface area contributed by atoms with Crippen LogP contribution in [0.5, 0.6) is 0 Å². The molecule has 23 heavy (non-hydrogen) atoms. The average molecular weight is 334 g/mol. The minimum Gasteiger partial charge on any atom is -0.274 e. The normalized spacial score (nSPS) is 21.3. The van der Waals surface area contributed by atoms with E-state index in [2.05, 4.69) is 10.8 Å². The lowest BCUT2D eigenvalue weighted by atomic mass is 10.1. The van der Waals surface area contributed by atoms with E-state index in [1.54, 1.807) is 18.2 Å². The van der Waals surface area contributed by atoms with Crippen molar-refractivity contribution in [2.45, 2.75) is 39.0 Å². The number of hydrogen-bond donors (Lipinski definition) is 1. The van der Waals surface area contributed by atoms with E-state index in [1.807, 2.05) is 19.9 Å². The average Bonchev–Trinajstić information content (AvgIpc) is 3.27. The van der Waals surface area contributed by atoms with Gasteiger partial charge in [0.15, 0.2) is 0 Å². The molecule has 5 nitrogen and oxygen atoms in total. The predicted molar refractivity (Wildman–Crippen MR) is 88.0 cm³/mol. The highest BCUT2D eigenvalue weighted by Gasteiger charge is 2.45. The van der Waals surface area contributed by atoms with Crippen LogP contribution in [0.25, 0.3) is 0 Å². The number of nitrogens with zero attached hydrogens (tertiary/aromatic N) is 1. The summed E-state index contributed by atoms with van der Waals surface area (Å²) in [7, 11) is -3.58. The molecule has 0 saturated heterocycles. The standard InChI is InChI=1S/C17H22N2O3S/c1-3-5-12(2)11-23(21,22)19-17(20)16-9-15(16)14-7-4-6-13(8-14)10-18/h4,6-8,12,15-16H,3,5,9,11H2,1-2H3,(H,19,20). The smallest absolute Gasteiger partial charge is 0.237 e. The van der Waals surface area contributed by atoms with Crippen molar-refractivity contribution in [2.75, 3.05) is 5.75 Å². The number of nitrogens with one attached hydrogen (secondary N) is 1. The summed E-state index contributed by atoms with van der Waals surface area (Å²) in [5.41, 5.74) is 1.47. The van der Waals surface area contributed by atoms with Crippen LogP contribution in [0.1, 0.15) is 50.2 Å². The fourth-order valence-corrected chi connectivity index (χ4v) is 4.37. The summed E-state index contributed by atoms with van der Waals surface area (Å²) in [5.74, 6) is -0.728. The number of hydrogen-bond acceptors (Lipinski definition) is 4. The van der Waals surface area contributed by atoms with Crippen molar-refractivity contribution in [2.24, 2.45) is 11.8 Å². The molecule has 6 heteroatoms. The maximum absolute atomic E-state index is 12.1. The van der Waals surface area contributed by atoms with Gasteiger partial charge in [-0.2, -0.15) is 5.26 Å². The molecule has 1 aromatic rings. The van der Waals surface area contributed by atoms with Crippen LogP contribution in [0.3, 0.4) is 0 Å². The van der Waals surface area contributed by atoms with Crippen LogP contribution in [0.2, 0.25) is 0 Å². The minimum absolute atomic E-state index is 0.00608. The first-order chi connectivity index (χ1) is 10.9. The van der Waals surface area contributed by atoms with Crippen LogP contribution < -0.4 is 4.72 Å². The second-order valence-electron chi connectivity index (χ2n) is 6.33. The maximum Gasteiger partial charge on any atom is 0.237 e. The summed E-state index contributed by atoms with van der Waals surface area (Å²) in [6.07, 6.45) is 2.37. The van der Waals surface area contributed by atoms with Crippen LogP contribution >= 0.6 is 0 Å². The molecule has 124 valence electrons. The summed E-state index contributed by atoms with van der Waals surface area (Å²) in [4.78, 5) is 12.1. The van der Waals surface area contributed by atoms with Crippen molar-refractivity contribution in [3.05, 3.63) is 35.4 Å². The molecular weight excluding hydrogens is 312 g/mol. The Morgan fingerprint density at radius 1 is 1.48 bits per heavy atom. The highest BCUT2D eigenvalue weighted by atomic mass is 32.2. The Morgan fingerprint density at radius 2 is 2.22 bits per heavy atom. The molecule has 1 fully saturated rings. The van der Waals surface area contributed by atoms with Gasteiger partial charge in [-0.1, -0.05) is 32.4 Å². The number of benzene rings is 1. The van der Waals surface area contributed by atoms with Crippen LogP contribution in [0.15, 0.2) is 24.3 Å². The lowest BCUT2D eigenvalue weighted by molar-refractivity contribution is -0.120. The molecule has 0 aromatic heterocycles. The van der Waals surface area contributed by atoms with Gasteiger partial charge >= 0.3 is 0 Å². The summed E-state index contributed by atoms with van der Waals surface area (Å²) in [6.45, 7) is 3.88. The first-order valence-electron chi connectivity index (χ1n) is 7.90. The second-order valence-corrected chi connectivity index (χ2v) is 8.09. The van der Waals surface area contributed by atoms with Gasteiger partial charge in [0.2, 0.25) is 15.9 Å². The van der Waals surface area contributed by atoms with E-state index in [9.17, 15) is 13.2 Å². The molecule has 1 amide bonds. The van der Waals surface area contributed by atoms with E-state index in [0.29, 0.717) is 12.0 Å². The lowest BCUT2D eigenvalue weighted by Crippen LogP contribution is -2.35. The van der Waals surface area contributed by atoms with Gasteiger partial charge in [0.25, 0.3) is 0 Å². The molecule has 2 rings (SSSR count). The van der Waals surface area contributed by atoms with Gasteiger partial charge in [0.05, 0.1) is 17.4 Å². The van der Waals surface area contributed by atoms with Crippen LogP contribution in [0.4, 0.5) is 0 Å². The number of nitriles is 1. The largest absolute Gasteiger partial charge is 0.274 e. The van der Waals surface area contributed by atoms with Crippen molar-refractivity contribution in [1.29, 1.82) is 5.26 Å². The Bertz CT molecular complexity index is 722. The second kappa shape index (κ2) is 7.14. The fraction of sp³-hybridized carbons (Fsp3) is 0.529. The molecule has 1 aliphatic rings. The highest BCUT2D eigenvalue weighted by molar-refractivity contribution is 7.90. The Morgan fingerprint density at radius 3 is 2.87 bits per heavy atom. The van der Waals surface area contributed by atoms with Gasteiger partial charge in [-0.3, -0.25) is 9.52 Å². The van der Waals surface area contributed by atoms with Crippen LogP contribution in [0, 0.1) is 23.2 Å². The molecule has 1 saturated carbocycles. The van der Waals surface area contributed by atoms with Crippen molar-refractivity contribution in [3.63, 3.8) is 0 Å². The predicted octanol–water partition coefficient (Wildman–Crippen LogP) is 2.54. The third-order valence-electron chi connectivity index (χ3n) is 4.11. The van der Waals surface area contributed by atoms with E-state index in [-0.39, 0.29) is 23.5 Å². The van der Waals surface area contributed by atoms with Gasteiger partial charge in [0.1, 0.15) is 0 Å². The molecule has 1 N–H and O–H groups in total. The minimum atomic E-state index is -3.58. The summed E-state index contributed by atoms with van der Waals surface area (Å²) in [6, 6.07) is 9.19. The number of carbonyl (C=O) groups excluding carboxylic acids is 1. The SMILES string of the molecule is CCCC(C)CS(=O)(=O)NC(=O)C1CC1c1cccc(C#N)c1. The molecule has 0 aliphatic heterocycles. The summed E-state index contributed by atoms with van der Waals surface area (Å²) in [5, 5.41) is 8.91. The van der Waals surface area contributed by atoms with Crippen molar-refractivity contribution in [1.82, 2.24) is 4.72 Å². The quantitative estimate of drug-likeness (QED) is 0.830. The van der Waals surface area contributed by atoms with E-state index in [0.717, 1.165) is 18.4 Å². The summed E-state index contributed by atoms with van der Waals surface area (Å²) >= 11 is 0. The van der Waals surface area contributed by atoms with Gasteiger partial charge in [-0.15, -0.1) is 0 Å². The van der Waals surface area contributed by atoms with Crippen LogP contribution in [-0.4, -0.2) is 20.1 Å². The fourth-order valence-electron chi connectivity index (χ4n) is 2.91. The molecule has 3 atom stereocenters. The topological polar surface area (TPSA) is 87.0 Å². The first kappa shape index (κ1) is 17.5. The zero-order chi connectivity index (χ0) is 17.0. The Labute approximate surface area is 137 Å². The van der Waals surface area contributed by atoms with E-state index in [4.69, 9.17) is 5.26 Å². The Hall–Kier alpha value is -1.87. The zero-order valence-corrected chi connectivity index (χ0v) is 14.3. The molecule has 0 radical (unpaired) electrons. The molecule has 0 bridgehead atoms. The van der Waals surface area contributed by atoms with Crippen molar-refractivity contribution in [3.8, 4) is 6.07 Å². The highest BCUT2D eigenvalue weighted by Crippen LogP contribution is 2.47. The monoisotopic (exact) mass is 334 g/mol. The molecule has 0 spiro atoms. The van der Waals surface area contributed by atoms with Crippen molar-refractivity contribution < 1.29 is 13.2 Å². The van der Waals surface area contributed by atoms with Gasteiger partial charge in [-0.05, 0) is 42.4 Å². The van der Waals surface area contributed by atoms with Gasteiger partial charge in [-0.25, -0.2) is 8.42 Å². The number of sulfonamides is 1. The van der Waals surface area contributed by atoms with Gasteiger partial charge < -0.3 is 0 Å². The zero-order valence-electron chi connectivity index (χ0n) is 13.5. The van der Waals surface area contributed by atoms with E-state index in [1.165, 1.54) is 0 Å². The number of rotatable bonds is 7. The molecule has 0 heterocycles. The molecular formula is C17H22N2O3S. The third kappa shape index (κ3) is 4.80. The Kier molecular flexibility index (Phi) is 5.42. The van der Waals surface area contributed by atoms with Gasteiger partial charge in [0, 0.05) is 5.92 Å². The van der Waals surface area contributed by atoms with E-state index < -0.39 is 15.9 Å². The third-order valence-corrected chi connectivity index (χ3v) is 5.63. The molecule has 1 aromatic carbocycles. The molecule has 1 aliphatic carbocycles. The summed E-state index contributed by atoms with van der Waals surface area (Å²) < 4.78 is 26.3. The number of amides is 1. The lowest BCUT2D eigenvalue weighted by Gasteiger charge is -2.11. The molecule has 3 unspecified atom stereocenters. The van der Waals surface area contributed by atoms with Crippen molar-refractivity contribution >= 4 is 15.9 Å². The maximum atomic E-state index is 12.1. The number of carbonyl (C=O) groups is 1. The van der Waals surface area contributed by atoms with Crippen LogP contribution in [-0.2, 0) is 14.8 Å².